The number of benzene rings is 1. The lowest BCUT2D eigenvalue weighted by atomic mass is 10.00. The smallest absolute Gasteiger partial charge is 0.123 e. The Bertz CT molecular complexity index is 334. The molecule has 2 nitrogen and oxygen atoms in total. The van der Waals surface area contributed by atoms with Crippen molar-refractivity contribution in [2.75, 3.05) is 13.7 Å². The summed E-state index contributed by atoms with van der Waals surface area (Å²) in [7, 11) is 1.74. The van der Waals surface area contributed by atoms with E-state index in [1.807, 2.05) is 12.1 Å². The van der Waals surface area contributed by atoms with Crippen LogP contribution in [0.4, 0.5) is 0 Å². The van der Waals surface area contributed by atoms with Crippen LogP contribution in [-0.4, -0.2) is 13.7 Å². The summed E-state index contributed by atoms with van der Waals surface area (Å²) in [6.07, 6.45) is 3.57. The summed E-state index contributed by atoms with van der Waals surface area (Å²) in [6.45, 7) is 7.83. The summed E-state index contributed by atoms with van der Waals surface area (Å²) in [4.78, 5) is 0. The fourth-order valence-corrected chi connectivity index (χ4v) is 2.31. The molecule has 1 unspecified atom stereocenters. The van der Waals surface area contributed by atoms with E-state index in [9.17, 15) is 0 Å². The third-order valence-corrected chi connectivity index (χ3v) is 3.73. The van der Waals surface area contributed by atoms with Crippen molar-refractivity contribution in [2.24, 2.45) is 5.92 Å². The first-order valence-corrected chi connectivity index (χ1v) is 7.12. The fourth-order valence-electron chi connectivity index (χ4n) is 2.31. The number of ether oxygens (including phenoxy) is 1. The van der Waals surface area contributed by atoms with Crippen LogP contribution in [-0.2, 0) is 0 Å². The molecule has 0 aliphatic carbocycles. The van der Waals surface area contributed by atoms with Crippen LogP contribution in [0.3, 0.4) is 0 Å². The van der Waals surface area contributed by atoms with Crippen molar-refractivity contribution in [3.63, 3.8) is 0 Å². The first-order chi connectivity index (χ1) is 8.76. The van der Waals surface area contributed by atoms with Crippen molar-refractivity contribution < 1.29 is 4.74 Å². The molecular formula is C16H27NO. The third-order valence-electron chi connectivity index (χ3n) is 3.73. The van der Waals surface area contributed by atoms with E-state index < -0.39 is 0 Å². The number of methoxy groups -OCH3 is 1. The van der Waals surface area contributed by atoms with Crippen molar-refractivity contribution in [1.29, 1.82) is 0 Å². The molecule has 2 heteroatoms. The van der Waals surface area contributed by atoms with Crippen LogP contribution in [0.2, 0.25) is 0 Å². The maximum absolute atomic E-state index is 5.45. The van der Waals surface area contributed by atoms with E-state index in [1.165, 1.54) is 18.4 Å². The molecule has 0 spiro atoms. The highest BCUT2D eigenvalue weighted by molar-refractivity contribution is 5.35. The molecule has 1 aromatic rings. The van der Waals surface area contributed by atoms with Crippen molar-refractivity contribution in [3.05, 3.63) is 29.8 Å². The summed E-state index contributed by atoms with van der Waals surface area (Å²) in [5.74, 6) is 1.76. The van der Waals surface area contributed by atoms with E-state index in [4.69, 9.17) is 4.74 Å². The zero-order chi connectivity index (χ0) is 13.4. The highest BCUT2D eigenvalue weighted by Crippen LogP contribution is 2.27. The molecule has 0 saturated heterocycles. The molecule has 0 radical (unpaired) electrons. The molecule has 1 rings (SSSR count). The summed E-state index contributed by atoms with van der Waals surface area (Å²) in [5.41, 5.74) is 1.27. The molecule has 0 bridgehead atoms. The molecule has 0 aliphatic rings. The van der Waals surface area contributed by atoms with Crippen molar-refractivity contribution in [2.45, 2.75) is 46.1 Å². The Morgan fingerprint density at radius 2 is 1.72 bits per heavy atom. The zero-order valence-corrected chi connectivity index (χ0v) is 12.2. The maximum atomic E-state index is 5.45. The lowest BCUT2D eigenvalue weighted by Crippen LogP contribution is -2.27. The minimum Gasteiger partial charge on any atom is -0.496 e. The highest BCUT2D eigenvalue weighted by atomic mass is 16.5. The van der Waals surface area contributed by atoms with E-state index in [-0.39, 0.29) is 0 Å². The average Bonchev–Trinajstić information content (AvgIpc) is 2.44. The standard InChI is InChI=1S/C16H27NO/c1-5-13(6-2)12-17-15(7-3)14-10-8-9-11-16(14)18-4/h8-11,13,15,17H,5-7,12H2,1-4H3. The van der Waals surface area contributed by atoms with E-state index in [1.54, 1.807) is 7.11 Å². The summed E-state index contributed by atoms with van der Waals surface area (Å²) >= 11 is 0. The fraction of sp³-hybridized carbons (Fsp3) is 0.625. The zero-order valence-electron chi connectivity index (χ0n) is 12.2. The molecule has 1 aromatic carbocycles. The molecule has 0 amide bonds. The van der Waals surface area contributed by atoms with Crippen LogP contribution in [0.5, 0.6) is 5.75 Å². The predicted octanol–water partition coefficient (Wildman–Crippen LogP) is 4.17. The quantitative estimate of drug-likeness (QED) is 0.746. The van der Waals surface area contributed by atoms with Gasteiger partial charge in [0.05, 0.1) is 7.11 Å². The largest absolute Gasteiger partial charge is 0.496 e. The first kappa shape index (κ1) is 15.0. The van der Waals surface area contributed by atoms with E-state index in [0.717, 1.165) is 24.6 Å². The van der Waals surface area contributed by atoms with E-state index in [0.29, 0.717) is 6.04 Å². The number of hydrogen-bond donors (Lipinski definition) is 1. The Morgan fingerprint density at radius 1 is 1.06 bits per heavy atom. The molecule has 1 atom stereocenters. The summed E-state index contributed by atoms with van der Waals surface area (Å²) < 4.78 is 5.45. The van der Waals surface area contributed by atoms with Gasteiger partial charge in [0.25, 0.3) is 0 Å². The lowest BCUT2D eigenvalue weighted by Gasteiger charge is -2.22. The topological polar surface area (TPSA) is 21.3 Å². The van der Waals surface area contributed by atoms with Crippen LogP contribution < -0.4 is 10.1 Å². The van der Waals surface area contributed by atoms with Crippen LogP contribution in [0.1, 0.15) is 51.6 Å². The molecule has 0 heterocycles. The van der Waals surface area contributed by atoms with Crippen molar-refractivity contribution in [3.8, 4) is 5.75 Å². The molecule has 0 aromatic heterocycles. The van der Waals surface area contributed by atoms with Crippen LogP contribution >= 0.6 is 0 Å². The molecular weight excluding hydrogens is 222 g/mol. The van der Waals surface area contributed by atoms with Crippen molar-refractivity contribution >= 4 is 0 Å². The Morgan fingerprint density at radius 3 is 2.28 bits per heavy atom. The van der Waals surface area contributed by atoms with Gasteiger partial charge in [0.2, 0.25) is 0 Å². The maximum Gasteiger partial charge on any atom is 0.123 e. The SMILES string of the molecule is CCC(CC)CNC(CC)c1ccccc1OC. The predicted molar refractivity (Wildman–Crippen MR) is 78.1 cm³/mol. The number of para-hydroxylation sites is 1. The van der Waals surface area contributed by atoms with Gasteiger partial charge in [-0.05, 0) is 24.9 Å². The number of rotatable bonds is 8. The van der Waals surface area contributed by atoms with Gasteiger partial charge >= 0.3 is 0 Å². The second-order valence-corrected chi connectivity index (χ2v) is 4.79. The molecule has 1 N–H and O–H groups in total. The monoisotopic (exact) mass is 249 g/mol. The van der Waals surface area contributed by atoms with E-state index in [2.05, 4.69) is 38.2 Å². The van der Waals surface area contributed by atoms with Gasteiger partial charge in [0.15, 0.2) is 0 Å². The molecule has 0 aliphatic heterocycles. The third kappa shape index (κ3) is 4.02. The highest BCUT2D eigenvalue weighted by Gasteiger charge is 2.14. The van der Waals surface area contributed by atoms with Crippen LogP contribution in [0, 0.1) is 5.92 Å². The minimum atomic E-state index is 0.391. The van der Waals surface area contributed by atoms with Crippen LogP contribution in [0.15, 0.2) is 24.3 Å². The summed E-state index contributed by atoms with van der Waals surface area (Å²) in [5, 5.41) is 3.68. The summed E-state index contributed by atoms with van der Waals surface area (Å²) in [6, 6.07) is 8.70. The second kappa shape index (κ2) is 8.15. The minimum absolute atomic E-state index is 0.391. The lowest BCUT2D eigenvalue weighted by molar-refractivity contribution is 0.379. The van der Waals surface area contributed by atoms with Crippen LogP contribution in [0.25, 0.3) is 0 Å². The first-order valence-electron chi connectivity index (χ1n) is 7.12. The van der Waals surface area contributed by atoms with Gasteiger partial charge in [-0.15, -0.1) is 0 Å². The molecule has 0 saturated carbocycles. The van der Waals surface area contributed by atoms with Gasteiger partial charge in [-0.25, -0.2) is 0 Å². The normalized spacial score (nSPS) is 12.7. The van der Waals surface area contributed by atoms with Gasteiger partial charge in [-0.1, -0.05) is 51.8 Å². The Kier molecular flexibility index (Phi) is 6.81. The Labute approximate surface area is 112 Å². The van der Waals surface area contributed by atoms with Gasteiger partial charge in [-0.3, -0.25) is 0 Å². The average molecular weight is 249 g/mol. The Balaban J connectivity index is 2.70. The van der Waals surface area contributed by atoms with Gasteiger partial charge < -0.3 is 10.1 Å². The van der Waals surface area contributed by atoms with Gasteiger partial charge in [0, 0.05) is 11.6 Å². The Hall–Kier alpha value is -1.02. The van der Waals surface area contributed by atoms with E-state index >= 15 is 0 Å². The number of nitrogens with one attached hydrogen (secondary N) is 1. The molecule has 102 valence electrons. The van der Waals surface area contributed by atoms with Gasteiger partial charge in [-0.2, -0.15) is 0 Å². The molecule has 18 heavy (non-hydrogen) atoms. The second-order valence-electron chi connectivity index (χ2n) is 4.79. The number of hydrogen-bond acceptors (Lipinski definition) is 2. The molecule has 0 fully saturated rings. The van der Waals surface area contributed by atoms with Gasteiger partial charge in [0.1, 0.15) is 5.75 Å². The van der Waals surface area contributed by atoms with Crippen molar-refractivity contribution in [1.82, 2.24) is 5.32 Å².